The summed E-state index contributed by atoms with van der Waals surface area (Å²) in [6, 6.07) is 20.0. The van der Waals surface area contributed by atoms with Gasteiger partial charge in [-0.3, -0.25) is 4.79 Å². The normalized spacial score (nSPS) is 10.9. The Hall–Kier alpha value is -2.70. The van der Waals surface area contributed by atoms with E-state index in [4.69, 9.17) is 9.97 Å². The Labute approximate surface area is 172 Å². The van der Waals surface area contributed by atoms with Crippen LogP contribution in [-0.2, 0) is 5.75 Å². The topological polar surface area (TPSA) is 46.1 Å². The molecular weight excluding hydrogens is 386 g/mol. The summed E-state index contributed by atoms with van der Waals surface area (Å²) < 4.78 is 0. The minimum absolute atomic E-state index is 0.0154. The average Bonchev–Trinajstić information content (AvgIpc) is 3.26. The van der Waals surface area contributed by atoms with Gasteiger partial charge in [0.15, 0.2) is 5.82 Å². The predicted molar refractivity (Wildman–Crippen MR) is 117 cm³/mol. The number of carbonyl (C=O) groups is 1. The molecule has 2 aromatic carbocycles. The molecule has 0 atom stereocenters. The number of benzene rings is 2. The number of aromatic nitrogens is 2. The van der Waals surface area contributed by atoms with Crippen LogP contribution in [0.4, 0.5) is 0 Å². The molecule has 0 aliphatic carbocycles. The van der Waals surface area contributed by atoms with E-state index in [1.165, 1.54) is 0 Å². The maximum absolute atomic E-state index is 12.0. The lowest BCUT2D eigenvalue weighted by atomic mass is 10.1. The molecule has 0 bridgehead atoms. The Morgan fingerprint density at radius 2 is 1.79 bits per heavy atom. The van der Waals surface area contributed by atoms with Crippen molar-refractivity contribution in [1.82, 2.24) is 14.9 Å². The lowest BCUT2D eigenvalue weighted by Gasteiger charge is -2.11. The van der Waals surface area contributed by atoms with E-state index in [0.717, 1.165) is 37.9 Å². The van der Waals surface area contributed by atoms with Gasteiger partial charge in [-0.15, -0.1) is 23.1 Å². The number of hydrogen-bond acceptors (Lipinski definition) is 5. The van der Waals surface area contributed by atoms with E-state index >= 15 is 0 Å². The smallest absolute Gasteiger partial charge is 0.253 e. The van der Waals surface area contributed by atoms with Crippen LogP contribution in [0.3, 0.4) is 0 Å². The van der Waals surface area contributed by atoms with Crippen molar-refractivity contribution in [2.24, 2.45) is 0 Å². The first kappa shape index (κ1) is 18.7. The molecule has 1 amide bonds. The minimum Gasteiger partial charge on any atom is -0.345 e. The van der Waals surface area contributed by atoms with Crippen LogP contribution in [0.25, 0.3) is 21.6 Å². The molecule has 2 heterocycles. The zero-order valence-electron chi connectivity index (χ0n) is 15.6. The minimum atomic E-state index is 0.0154. The van der Waals surface area contributed by atoms with Gasteiger partial charge in [0.1, 0.15) is 5.03 Å². The molecule has 0 fully saturated rings. The summed E-state index contributed by atoms with van der Waals surface area (Å²) in [6.07, 6.45) is 0. The molecule has 2 aromatic heterocycles. The first-order valence-corrected chi connectivity index (χ1v) is 10.7. The first-order valence-electron chi connectivity index (χ1n) is 8.86. The zero-order chi connectivity index (χ0) is 19.5. The maximum Gasteiger partial charge on any atom is 0.253 e. The Kier molecular flexibility index (Phi) is 5.41. The number of amides is 1. The fourth-order valence-corrected chi connectivity index (χ4v) is 4.46. The number of fused-ring (bicyclic) bond motifs is 1. The molecule has 28 heavy (non-hydrogen) atoms. The van der Waals surface area contributed by atoms with Crippen LogP contribution in [0.5, 0.6) is 0 Å². The highest BCUT2D eigenvalue weighted by Crippen LogP contribution is 2.31. The number of rotatable bonds is 5. The van der Waals surface area contributed by atoms with Gasteiger partial charge in [0.25, 0.3) is 5.91 Å². The third-order valence-corrected chi connectivity index (χ3v) is 6.22. The molecule has 0 aliphatic rings. The Morgan fingerprint density at radius 3 is 2.50 bits per heavy atom. The van der Waals surface area contributed by atoms with Crippen LogP contribution in [0.1, 0.15) is 15.9 Å². The number of nitrogens with zero attached hydrogens (tertiary/aromatic N) is 3. The van der Waals surface area contributed by atoms with Crippen molar-refractivity contribution in [2.75, 3.05) is 14.1 Å². The quantitative estimate of drug-likeness (QED) is 0.332. The molecule has 4 rings (SSSR count). The summed E-state index contributed by atoms with van der Waals surface area (Å²) in [4.78, 5) is 24.2. The van der Waals surface area contributed by atoms with Gasteiger partial charge in [0.2, 0.25) is 0 Å². The van der Waals surface area contributed by atoms with Gasteiger partial charge in [-0.1, -0.05) is 36.4 Å². The van der Waals surface area contributed by atoms with E-state index in [1.54, 1.807) is 42.1 Å². The highest BCUT2D eigenvalue weighted by molar-refractivity contribution is 7.98. The lowest BCUT2D eigenvalue weighted by Crippen LogP contribution is -2.21. The van der Waals surface area contributed by atoms with Gasteiger partial charge in [0.05, 0.1) is 10.4 Å². The summed E-state index contributed by atoms with van der Waals surface area (Å²) in [5, 5.41) is 4.08. The largest absolute Gasteiger partial charge is 0.345 e. The molecule has 140 valence electrons. The van der Waals surface area contributed by atoms with E-state index in [1.807, 2.05) is 60.0 Å². The van der Waals surface area contributed by atoms with Gasteiger partial charge >= 0.3 is 0 Å². The van der Waals surface area contributed by atoms with Gasteiger partial charge in [-0.25, -0.2) is 9.97 Å². The van der Waals surface area contributed by atoms with Crippen molar-refractivity contribution >= 4 is 39.9 Å². The summed E-state index contributed by atoms with van der Waals surface area (Å²) in [5.74, 6) is 1.56. The number of thioether (sulfide) groups is 1. The van der Waals surface area contributed by atoms with Gasteiger partial charge in [-0.05, 0) is 35.2 Å². The third-order valence-electron chi connectivity index (χ3n) is 4.29. The van der Waals surface area contributed by atoms with Crippen LogP contribution < -0.4 is 0 Å². The molecule has 0 unspecified atom stereocenters. The van der Waals surface area contributed by atoms with Crippen molar-refractivity contribution in [3.63, 3.8) is 0 Å². The number of hydrogen-bond donors (Lipinski definition) is 0. The fourth-order valence-electron chi connectivity index (χ4n) is 2.83. The molecule has 0 N–H and O–H groups in total. The van der Waals surface area contributed by atoms with Crippen molar-refractivity contribution in [2.45, 2.75) is 10.8 Å². The maximum atomic E-state index is 12.0. The second kappa shape index (κ2) is 8.12. The zero-order valence-corrected chi connectivity index (χ0v) is 17.3. The van der Waals surface area contributed by atoms with E-state index in [9.17, 15) is 4.79 Å². The van der Waals surface area contributed by atoms with Crippen molar-refractivity contribution in [3.05, 3.63) is 77.2 Å². The summed E-state index contributed by atoms with van der Waals surface area (Å²) >= 11 is 3.34. The van der Waals surface area contributed by atoms with E-state index < -0.39 is 0 Å². The van der Waals surface area contributed by atoms with Crippen LogP contribution in [0.2, 0.25) is 0 Å². The fraction of sp³-hybridized carbons (Fsp3) is 0.136. The van der Waals surface area contributed by atoms with Gasteiger partial charge in [0, 0.05) is 30.8 Å². The molecule has 0 radical (unpaired) electrons. The van der Waals surface area contributed by atoms with E-state index in [-0.39, 0.29) is 5.91 Å². The Balaban J connectivity index is 1.60. The molecule has 0 saturated carbocycles. The van der Waals surface area contributed by atoms with Crippen molar-refractivity contribution in [3.8, 4) is 10.7 Å². The first-order chi connectivity index (χ1) is 13.6. The molecule has 0 aliphatic heterocycles. The van der Waals surface area contributed by atoms with E-state index in [0.29, 0.717) is 5.56 Å². The Bertz CT molecular complexity index is 1110. The standard InChI is InChI=1S/C22H19N3OS2/c1-25(2)22(26)16-11-9-15(10-12-16)14-28-21-17-6-3-4-7-18(17)23-20(24-21)19-8-5-13-27-19/h3-13H,14H2,1-2H3. The highest BCUT2D eigenvalue weighted by atomic mass is 32.2. The predicted octanol–water partition coefficient (Wildman–Crippen LogP) is 5.35. The summed E-state index contributed by atoms with van der Waals surface area (Å²) in [5.41, 5.74) is 2.81. The Morgan fingerprint density at radius 1 is 1.00 bits per heavy atom. The second-order valence-electron chi connectivity index (χ2n) is 6.53. The summed E-state index contributed by atoms with van der Waals surface area (Å²) in [7, 11) is 3.52. The van der Waals surface area contributed by atoms with Crippen LogP contribution >= 0.6 is 23.1 Å². The second-order valence-corrected chi connectivity index (χ2v) is 8.44. The molecular formula is C22H19N3OS2. The molecule has 6 heteroatoms. The van der Waals surface area contributed by atoms with Gasteiger partial charge < -0.3 is 4.90 Å². The highest BCUT2D eigenvalue weighted by Gasteiger charge is 2.11. The molecule has 4 aromatic rings. The van der Waals surface area contributed by atoms with Crippen LogP contribution in [0.15, 0.2) is 71.1 Å². The SMILES string of the molecule is CN(C)C(=O)c1ccc(CSc2nc(-c3cccs3)nc3ccccc23)cc1. The lowest BCUT2D eigenvalue weighted by molar-refractivity contribution is 0.0827. The van der Waals surface area contributed by atoms with Crippen molar-refractivity contribution in [1.29, 1.82) is 0 Å². The molecule has 0 saturated heterocycles. The number of carbonyl (C=O) groups excluding carboxylic acids is 1. The average molecular weight is 406 g/mol. The molecule has 4 nitrogen and oxygen atoms in total. The molecule has 0 spiro atoms. The van der Waals surface area contributed by atoms with E-state index in [2.05, 4.69) is 6.07 Å². The number of thiophene rings is 1. The van der Waals surface area contributed by atoms with Crippen LogP contribution in [0, 0.1) is 0 Å². The van der Waals surface area contributed by atoms with Gasteiger partial charge in [-0.2, -0.15) is 0 Å². The summed E-state index contributed by atoms with van der Waals surface area (Å²) in [6.45, 7) is 0. The van der Waals surface area contributed by atoms with Crippen LogP contribution in [-0.4, -0.2) is 34.9 Å². The van der Waals surface area contributed by atoms with Crippen molar-refractivity contribution < 1.29 is 4.79 Å². The third kappa shape index (κ3) is 3.93. The number of para-hydroxylation sites is 1. The monoisotopic (exact) mass is 405 g/mol.